The summed E-state index contributed by atoms with van der Waals surface area (Å²) >= 11 is 0. The number of anilines is 3. The molecule has 0 spiro atoms. The quantitative estimate of drug-likeness (QED) is 0.329. The van der Waals surface area contributed by atoms with Crippen LogP contribution in [0.15, 0.2) is 83.9 Å². The van der Waals surface area contributed by atoms with Gasteiger partial charge in [0.1, 0.15) is 11.5 Å². The maximum atomic E-state index is 13.0. The van der Waals surface area contributed by atoms with Gasteiger partial charge in [-0.15, -0.1) is 0 Å². The number of amides is 2. The molecule has 1 saturated heterocycles. The third kappa shape index (κ3) is 5.78. The monoisotopic (exact) mass is 539 g/mol. The Hall–Kier alpha value is -4.80. The number of benzene rings is 2. The number of morpholine rings is 1. The minimum absolute atomic E-state index is 0.115. The molecule has 3 heterocycles. The lowest BCUT2D eigenvalue weighted by atomic mass is 9.99. The number of pyridine rings is 2. The van der Waals surface area contributed by atoms with Crippen LogP contribution in [-0.4, -0.2) is 57.7 Å². The van der Waals surface area contributed by atoms with Gasteiger partial charge in [-0.1, -0.05) is 30.3 Å². The van der Waals surface area contributed by atoms with Gasteiger partial charge in [-0.05, 0) is 42.0 Å². The summed E-state index contributed by atoms with van der Waals surface area (Å²) < 4.78 is 6.74. The van der Waals surface area contributed by atoms with E-state index in [0.717, 1.165) is 0 Å². The summed E-state index contributed by atoms with van der Waals surface area (Å²) in [4.78, 5) is 44.5. The van der Waals surface area contributed by atoms with Crippen LogP contribution < -0.4 is 16.2 Å². The van der Waals surface area contributed by atoms with E-state index in [1.54, 1.807) is 72.7 Å². The number of aliphatic hydroxyl groups excluding tert-OH is 1. The highest BCUT2D eigenvalue weighted by atomic mass is 16.5. The van der Waals surface area contributed by atoms with Gasteiger partial charge in [-0.2, -0.15) is 0 Å². The molecule has 5 rings (SSSR count). The Morgan fingerprint density at radius 2 is 1.75 bits per heavy atom. The first-order valence-electron chi connectivity index (χ1n) is 12.8. The molecule has 3 N–H and O–H groups in total. The molecule has 0 aliphatic carbocycles. The lowest BCUT2D eigenvalue weighted by molar-refractivity contribution is 0.0302. The molecule has 0 radical (unpaired) electrons. The van der Waals surface area contributed by atoms with E-state index in [0.29, 0.717) is 65.6 Å². The number of carbonyl (C=O) groups excluding carboxylic acids is 2. The van der Waals surface area contributed by atoms with E-state index >= 15 is 0 Å². The van der Waals surface area contributed by atoms with E-state index in [1.165, 1.54) is 10.8 Å². The van der Waals surface area contributed by atoms with Gasteiger partial charge in [-0.3, -0.25) is 14.4 Å². The molecule has 0 bridgehead atoms. The van der Waals surface area contributed by atoms with E-state index in [1.807, 2.05) is 12.1 Å². The molecule has 40 heavy (non-hydrogen) atoms. The second kappa shape index (κ2) is 11.9. The minimum Gasteiger partial charge on any atom is -0.392 e. The normalized spacial score (nSPS) is 13.1. The molecule has 4 aromatic rings. The molecule has 0 saturated carbocycles. The van der Waals surface area contributed by atoms with Crippen molar-refractivity contribution in [3.8, 4) is 11.1 Å². The van der Waals surface area contributed by atoms with Crippen LogP contribution in [0, 0.1) is 0 Å². The number of carbonyl (C=O) groups is 2. The maximum absolute atomic E-state index is 13.0. The van der Waals surface area contributed by atoms with Crippen LogP contribution in [0.3, 0.4) is 0 Å². The van der Waals surface area contributed by atoms with Crippen molar-refractivity contribution in [1.82, 2.24) is 14.5 Å². The van der Waals surface area contributed by atoms with Crippen LogP contribution >= 0.6 is 0 Å². The molecule has 1 aliphatic heterocycles. The largest absolute Gasteiger partial charge is 0.392 e. The summed E-state index contributed by atoms with van der Waals surface area (Å²) in [6.07, 6.45) is 3.15. The number of hydrogen-bond acceptors (Lipinski definition) is 7. The summed E-state index contributed by atoms with van der Waals surface area (Å²) in [6.45, 7) is 1.77. The number of ether oxygens (including phenoxy) is 1. The predicted molar refractivity (Wildman–Crippen MR) is 152 cm³/mol. The van der Waals surface area contributed by atoms with Crippen LogP contribution in [0.2, 0.25) is 0 Å². The van der Waals surface area contributed by atoms with E-state index in [4.69, 9.17) is 4.74 Å². The lowest BCUT2D eigenvalue weighted by Gasteiger charge is -2.26. The molecule has 0 unspecified atom stereocenters. The summed E-state index contributed by atoms with van der Waals surface area (Å²) in [5.74, 6) is -0.00745. The first-order chi connectivity index (χ1) is 19.4. The Morgan fingerprint density at radius 3 is 2.45 bits per heavy atom. The number of nitrogens with one attached hydrogen (secondary N) is 2. The third-order valence-corrected chi connectivity index (χ3v) is 6.68. The average molecular weight is 540 g/mol. The molecule has 2 aromatic carbocycles. The van der Waals surface area contributed by atoms with Crippen LogP contribution in [0.25, 0.3) is 11.1 Å². The Balaban J connectivity index is 1.40. The van der Waals surface area contributed by atoms with Crippen molar-refractivity contribution in [2.45, 2.75) is 6.61 Å². The molecular weight excluding hydrogens is 510 g/mol. The summed E-state index contributed by atoms with van der Waals surface area (Å²) in [7, 11) is 1.63. The Kier molecular flexibility index (Phi) is 7.99. The summed E-state index contributed by atoms with van der Waals surface area (Å²) in [6, 6.07) is 19.1. The first-order valence-corrected chi connectivity index (χ1v) is 12.8. The smallest absolute Gasteiger partial charge is 0.274 e. The van der Waals surface area contributed by atoms with Crippen molar-refractivity contribution in [2.75, 3.05) is 36.9 Å². The second-order valence-electron chi connectivity index (χ2n) is 9.33. The van der Waals surface area contributed by atoms with Crippen molar-refractivity contribution in [3.63, 3.8) is 0 Å². The highest BCUT2D eigenvalue weighted by Crippen LogP contribution is 2.31. The number of rotatable bonds is 7. The van der Waals surface area contributed by atoms with Gasteiger partial charge in [0.05, 0.1) is 25.4 Å². The highest BCUT2D eigenvalue weighted by Gasteiger charge is 2.19. The molecule has 1 aliphatic rings. The SMILES string of the molecule is Cn1cc(-c2cccc(NC(=O)c3ccccc3)c2CO)cc(Nc2ccc(C(=O)N3CCOCC3)cn2)c1=O. The minimum atomic E-state index is -0.327. The van der Waals surface area contributed by atoms with E-state index in [9.17, 15) is 19.5 Å². The van der Waals surface area contributed by atoms with Crippen molar-refractivity contribution in [1.29, 1.82) is 0 Å². The molecule has 2 aromatic heterocycles. The molecule has 10 nitrogen and oxygen atoms in total. The molecule has 2 amide bonds. The zero-order valence-electron chi connectivity index (χ0n) is 22.0. The van der Waals surface area contributed by atoms with E-state index in [-0.39, 0.29) is 29.7 Å². The number of aliphatic hydroxyl groups is 1. The van der Waals surface area contributed by atoms with Crippen molar-refractivity contribution < 1.29 is 19.4 Å². The average Bonchev–Trinajstić information content (AvgIpc) is 3.00. The van der Waals surface area contributed by atoms with Crippen molar-refractivity contribution in [3.05, 3.63) is 106 Å². The van der Waals surface area contributed by atoms with E-state index < -0.39 is 0 Å². The van der Waals surface area contributed by atoms with Crippen LogP contribution in [-0.2, 0) is 18.4 Å². The Morgan fingerprint density at radius 1 is 0.975 bits per heavy atom. The van der Waals surface area contributed by atoms with Gasteiger partial charge >= 0.3 is 0 Å². The number of nitrogens with zero attached hydrogens (tertiary/aromatic N) is 3. The Bertz CT molecular complexity index is 1580. The Labute approximate surface area is 230 Å². The molecule has 10 heteroatoms. The number of aryl methyl sites for hydroxylation is 1. The van der Waals surface area contributed by atoms with Crippen LogP contribution in [0.5, 0.6) is 0 Å². The summed E-state index contributed by atoms with van der Waals surface area (Å²) in [5, 5.41) is 16.2. The van der Waals surface area contributed by atoms with Gasteiger partial charge in [0, 0.05) is 54.9 Å². The first kappa shape index (κ1) is 26.8. The predicted octanol–water partition coefficient (Wildman–Crippen LogP) is 3.41. The van der Waals surface area contributed by atoms with Crippen LogP contribution in [0.4, 0.5) is 17.2 Å². The number of aromatic nitrogens is 2. The molecule has 204 valence electrons. The van der Waals surface area contributed by atoms with Gasteiger partial charge in [0.2, 0.25) is 0 Å². The van der Waals surface area contributed by atoms with Gasteiger partial charge in [0.25, 0.3) is 17.4 Å². The maximum Gasteiger partial charge on any atom is 0.274 e. The molecule has 1 fully saturated rings. The van der Waals surface area contributed by atoms with Gasteiger partial charge in [-0.25, -0.2) is 4.98 Å². The van der Waals surface area contributed by atoms with Crippen molar-refractivity contribution >= 4 is 29.0 Å². The fraction of sp³-hybridized carbons (Fsp3) is 0.200. The third-order valence-electron chi connectivity index (χ3n) is 6.68. The topological polar surface area (TPSA) is 126 Å². The van der Waals surface area contributed by atoms with Crippen LogP contribution in [0.1, 0.15) is 26.3 Å². The zero-order chi connectivity index (χ0) is 28.1. The zero-order valence-corrected chi connectivity index (χ0v) is 22.0. The van der Waals surface area contributed by atoms with E-state index in [2.05, 4.69) is 15.6 Å². The summed E-state index contributed by atoms with van der Waals surface area (Å²) in [5.41, 5.74) is 3.24. The van der Waals surface area contributed by atoms with Gasteiger partial charge < -0.3 is 29.9 Å². The standard InChI is InChI=1S/C30H29N5O5/c1-34-18-22(23-8-5-9-25(24(23)19-36)33-28(37)20-6-3-2-4-7-20)16-26(30(34)39)32-27-11-10-21(17-31-27)29(38)35-12-14-40-15-13-35/h2-11,16-18,36H,12-15,19H2,1H3,(H,31,32)(H,33,37). The molecule has 0 atom stereocenters. The molecular formula is C30H29N5O5. The van der Waals surface area contributed by atoms with Gasteiger partial charge in [0.15, 0.2) is 0 Å². The van der Waals surface area contributed by atoms with Crippen molar-refractivity contribution in [2.24, 2.45) is 7.05 Å². The highest BCUT2D eigenvalue weighted by molar-refractivity contribution is 6.05. The fourth-order valence-corrected chi connectivity index (χ4v) is 4.56. The fourth-order valence-electron chi connectivity index (χ4n) is 4.56. The second-order valence-corrected chi connectivity index (χ2v) is 9.33. The number of hydrogen-bond donors (Lipinski definition) is 3. The lowest BCUT2D eigenvalue weighted by Crippen LogP contribution is -2.40.